The van der Waals surface area contributed by atoms with E-state index in [9.17, 15) is 19.5 Å². The first-order chi connectivity index (χ1) is 15.5. The third-order valence-corrected chi connectivity index (χ3v) is 5.83. The molecule has 1 aliphatic rings. The first-order valence-corrected chi connectivity index (χ1v) is 11.1. The van der Waals surface area contributed by atoms with Crippen molar-refractivity contribution < 1.29 is 24.6 Å². The number of aliphatic carboxylic acids is 1. The number of aliphatic hydroxyl groups is 1. The zero-order valence-corrected chi connectivity index (χ0v) is 18.1. The van der Waals surface area contributed by atoms with Gasteiger partial charge in [0, 0.05) is 13.0 Å². The molecule has 1 aliphatic heterocycles. The van der Waals surface area contributed by atoms with Gasteiger partial charge >= 0.3 is 12.0 Å². The number of unbranched alkanes of at least 4 members (excludes halogenated alkanes) is 3. The lowest BCUT2D eigenvalue weighted by Crippen LogP contribution is -2.36. The maximum Gasteiger partial charge on any atom is 0.324 e. The summed E-state index contributed by atoms with van der Waals surface area (Å²) in [4.78, 5) is 36.4. The van der Waals surface area contributed by atoms with Crippen LogP contribution in [0.3, 0.4) is 0 Å². The second-order valence-corrected chi connectivity index (χ2v) is 8.14. The maximum absolute atomic E-state index is 12.2. The van der Waals surface area contributed by atoms with Crippen LogP contribution in [0.2, 0.25) is 0 Å². The summed E-state index contributed by atoms with van der Waals surface area (Å²) in [6.45, 7) is 0.281. The molecule has 0 aliphatic carbocycles. The predicted octanol–water partition coefficient (Wildman–Crippen LogP) is 4.12. The van der Waals surface area contributed by atoms with Crippen molar-refractivity contribution in [3.63, 3.8) is 0 Å². The van der Waals surface area contributed by atoms with Gasteiger partial charge in [0.1, 0.15) is 6.04 Å². The third kappa shape index (κ3) is 6.40. The molecule has 0 radical (unpaired) electrons. The van der Waals surface area contributed by atoms with Gasteiger partial charge in [0.25, 0.3) is 5.91 Å². The molecule has 0 spiro atoms. The SMILES string of the molecule is O=C(O)CCCCCCC1C(=O)NC(=O)N1CCC(O)c1ccc(-c2ccccc2)cc1. The minimum Gasteiger partial charge on any atom is -0.481 e. The number of hydrogen-bond donors (Lipinski definition) is 3. The second kappa shape index (κ2) is 11.4. The molecule has 32 heavy (non-hydrogen) atoms. The summed E-state index contributed by atoms with van der Waals surface area (Å²) in [5.74, 6) is -1.10. The molecule has 0 bridgehead atoms. The Morgan fingerprint density at radius 2 is 1.59 bits per heavy atom. The van der Waals surface area contributed by atoms with Crippen LogP contribution in [-0.4, -0.2) is 45.6 Å². The predicted molar refractivity (Wildman–Crippen MR) is 121 cm³/mol. The first kappa shape index (κ1) is 23.5. The number of carbonyl (C=O) groups is 3. The fraction of sp³-hybridized carbons (Fsp3) is 0.400. The lowest BCUT2D eigenvalue weighted by Gasteiger charge is -2.23. The highest BCUT2D eigenvalue weighted by molar-refractivity contribution is 6.04. The van der Waals surface area contributed by atoms with E-state index >= 15 is 0 Å². The summed E-state index contributed by atoms with van der Waals surface area (Å²) >= 11 is 0. The van der Waals surface area contributed by atoms with E-state index in [4.69, 9.17) is 5.11 Å². The molecule has 3 N–H and O–H groups in total. The quantitative estimate of drug-likeness (QED) is 0.341. The molecule has 1 fully saturated rings. The summed E-state index contributed by atoms with van der Waals surface area (Å²) in [5.41, 5.74) is 2.94. The van der Waals surface area contributed by atoms with Crippen molar-refractivity contribution in [1.29, 1.82) is 0 Å². The molecule has 7 nitrogen and oxygen atoms in total. The van der Waals surface area contributed by atoms with E-state index in [1.807, 2.05) is 54.6 Å². The van der Waals surface area contributed by atoms with Crippen LogP contribution in [0.15, 0.2) is 54.6 Å². The Morgan fingerprint density at radius 1 is 0.938 bits per heavy atom. The van der Waals surface area contributed by atoms with E-state index in [0.717, 1.165) is 36.0 Å². The lowest BCUT2D eigenvalue weighted by molar-refractivity contribution is -0.137. The fourth-order valence-corrected chi connectivity index (χ4v) is 4.01. The van der Waals surface area contributed by atoms with E-state index in [0.29, 0.717) is 19.3 Å². The van der Waals surface area contributed by atoms with Gasteiger partial charge in [0.15, 0.2) is 0 Å². The molecular weight excluding hydrogens is 408 g/mol. The number of rotatable bonds is 12. The molecule has 2 atom stereocenters. The van der Waals surface area contributed by atoms with Gasteiger partial charge in [-0.3, -0.25) is 14.9 Å². The Balaban J connectivity index is 1.49. The summed E-state index contributed by atoms with van der Waals surface area (Å²) < 4.78 is 0. The smallest absolute Gasteiger partial charge is 0.324 e. The van der Waals surface area contributed by atoms with Crippen LogP contribution >= 0.6 is 0 Å². The van der Waals surface area contributed by atoms with Crippen LogP contribution in [-0.2, 0) is 9.59 Å². The van der Waals surface area contributed by atoms with Crippen LogP contribution in [0.25, 0.3) is 11.1 Å². The van der Waals surface area contributed by atoms with Crippen molar-refractivity contribution in [3.05, 3.63) is 60.2 Å². The number of imide groups is 1. The van der Waals surface area contributed by atoms with Crippen LogP contribution in [0.5, 0.6) is 0 Å². The van der Waals surface area contributed by atoms with Gasteiger partial charge in [-0.1, -0.05) is 73.9 Å². The topological polar surface area (TPSA) is 107 Å². The highest BCUT2D eigenvalue weighted by Crippen LogP contribution is 2.25. The Hall–Kier alpha value is -3.19. The van der Waals surface area contributed by atoms with Crippen molar-refractivity contribution in [2.45, 2.75) is 57.1 Å². The van der Waals surface area contributed by atoms with E-state index in [1.54, 1.807) is 0 Å². The summed E-state index contributed by atoms with van der Waals surface area (Å²) in [5, 5.41) is 21.6. The average molecular weight is 439 g/mol. The van der Waals surface area contributed by atoms with Crippen molar-refractivity contribution in [3.8, 4) is 11.1 Å². The summed E-state index contributed by atoms with van der Waals surface area (Å²) in [7, 11) is 0. The Bertz CT molecular complexity index is 914. The normalized spacial score (nSPS) is 16.8. The van der Waals surface area contributed by atoms with Crippen LogP contribution in [0.4, 0.5) is 4.79 Å². The molecule has 1 saturated heterocycles. The molecule has 3 amide bonds. The Kier molecular flexibility index (Phi) is 8.39. The maximum atomic E-state index is 12.2. The highest BCUT2D eigenvalue weighted by atomic mass is 16.4. The summed E-state index contributed by atoms with van der Waals surface area (Å²) in [6, 6.07) is 16.7. The minimum atomic E-state index is -0.801. The molecule has 0 aromatic heterocycles. The van der Waals surface area contributed by atoms with Crippen molar-refractivity contribution in [2.75, 3.05) is 6.54 Å². The molecule has 170 valence electrons. The van der Waals surface area contributed by atoms with Gasteiger partial charge in [0.2, 0.25) is 0 Å². The zero-order chi connectivity index (χ0) is 22.9. The number of nitrogens with one attached hydrogen (secondary N) is 1. The van der Waals surface area contributed by atoms with E-state index in [1.165, 1.54) is 4.90 Å². The number of aliphatic hydroxyl groups excluding tert-OH is 1. The number of hydrogen-bond acceptors (Lipinski definition) is 4. The van der Waals surface area contributed by atoms with E-state index in [-0.39, 0.29) is 18.9 Å². The number of benzene rings is 2. The second-order valence-electron chi connectivity index (χ2n) is 8.14. The Morgan fingerprint density at radius 3 is 2.28 bits per heavy atom. The highest BCUT2D eigenvalue weighted by Gasteiger charge is 2.37. The molecule has 3 rings (SSSR count). The molecule has 2 aromatic rings. The standard InChI is InChI=1S/C25H30N2O5/c28-22(20-14-12-19(13-15-20)18-8-4-3-5-9-18)16-17-27-21(24(31)26-25(27)32)10-6-1-2-7-11-23(29)30/h3-5,8-9,12-15,21-22,28H,1-2,6-7,10-11,16-17H2,(H,29,30)(H,26,31,32). The molecule has 1 heterocycles. The fourth-order valence-electron chi connectivity index (χ4n) is 4.01. The van der Waals surface area contributed by atoms with Crippen LogP contribution in [0, 0.1) is 0 Å². The number of carboxylic acids is 1. The zero-order valence-electron chi connectivity index (χ0n) is 18.1. The molecule has 7 heteroatoms. The number of urea groups is 1. The van der Waals surface area contributed by atoms with Gasteiger partial charge in [-0.05, 0) is 36.0 Å². The first-order valence-electron chi connectivity index (χ1n) is 11.1. The van der Waals surface area contributed by atoms with Crippen LogP contribution in [0.1, 0.15) is 56.6 Å². The Labute approximate surface area is 188 Å². The van der Waals surface area contributed by atoms with E-state index < -0.39 is 24.1 Å². The average Bonchev–Trinajstić information content (AvgIpc) is 3.07. The van der Waals surface area contributed by atoms with Crippen molar-refractivity contribution >= 4 is 17.9 Å². The number of carbonyl (C=O) groups excluding carboxylic acids is 2. The van der Waals surface area contributed by atoms with Gasteiger partial charge < -0.3 is 15.1 Å². The molecule has 2 unspecified atom stereocenters. The molecule has 0 saturated carbocycles. The summed E-state index contributed by atoms with van der Waals surface area (Å²) in [6.07, 6.45) is 3.24. The number of carboxylic acid groups (broad SMARTS) is 1. The lowest BCUT2D eigenvalue weighted by atomic mass is 10.0. The van der Waals surface area contributed by atoms with Gasteiger partial charge in [-0.15, -0.1) is 0 Å². The van der Waals surface area contributed by atoms with Gasteiger partial charge in [0.05, 0.1) is 6.10 Å². The van der Waals surface area contributed by atoms with Gasteiger partial charge in [-0.2, -0.15) is 0 Å². The minimum absolute atomic E-state index is 0.152. The van der Waals surface area contributed by atoms with Gasteiger partial charge in [-0.25, -0.2) is 4.79 Å². The monoisotopic (exact) mass is 438 g/mol. The third-order valence-electron chi connectivity index (χ3n) is 5.83. The number of amides is 3. The number of nitrogens with zero attached hydrogens (tertiary/aromatic N) is 1. The molecular formula is C25H30N2O5. The van der Waals surface area contributed by atoms with Crippen LogP contribution < -0.4 is 5.32 Å². The largest absolute Gasteiger partial charge is 0.481 e. The van der Waals surface area contributed by atoms with Crippen molar-refractivity contribution in [2.24, 2.45) is 0 Å². The van der Waals surface area contributed by atoms with E-state index in [2.05, 4.69) is 5.32 Å². The molecule has 2 aromatic carbocycles. The van der Waals surface area contributed by atoms with Crippen molar-refractivity contribution in [1.82, 2.24) is 10.2 Å².